The molecule has 1 aromatic carbocycles. The van der Waals surface area contributed by atoms with E-state index >= 15 is 0 Å². The zero-order chi connectivity index (χ0) is 13.8. The molecule has 0 saturated heterocycles. The molecule has 0 radical (unpaired) electrons. The number of ether oxygens (including phenoxy) is 1. The van der Waals surface area contributed by atoms with E-state index in [4.69, 9.17) is 10.5 Å². The summed E-state index contributed by atoms with van der Waals surface area (Å²) in [4.78, 5) is 13.3. The molecule has 4 nitrogen and oxygen atoms in total. The number of carbonyl (C=O) groups is 1. The molecule has 0 aliphatic heterocycles. The molecule has 0 saturated carbocycles. The van der Waals surface area contributed by atoms with Crippen LogP contribution < -0.4 is 5.73 Å². The first-order valence-corrected chi connectivity index (χ1v) is 6.07. The maximum absolute atomic E-state index is 11.7. The van der Waals surface area contributed by atoms with Gasteiger partial charge in [-0.2, -0.15) is 0 Å². The van der Waals surface area contributed by atoms with Gasteiger partial charge in [-0.15, -0.1) is 0 Å². The van der Waals surface area contributed by atoms with Crippen LogP contribution in [0.25, 0.3) is 0 Å². The Morgan fingerprint density at radius 2 is 1.94 bits per heavy atom. The van der Waals surface area contributed by atoms with Crippen molar-refractivity contribution in [1.29, 1.82) is 0 Å². The van der Waals surface area contributed by atoms with Crippen molar-refractivity contribution in [3.63, 3.8) is 0 Å². The molecule has 18 heavy (non-hydrogen) atoms. The molecule has 0 atom stereocenters. The summed E-state index contributed by atoms with van der Waals surface area (Å²) in [6.45, 7) is 6.15. The summed E-state index contributed by atoms with van der Waals surface area (Å²) in [5.74, 6) is 0. The number of nitrogens with zero attached hydrogens (tertiary/aromatic N) is 1. The maximum Gasteiger partial charge on any atom is 0.410 e. The Kier molecular flexibility index (Phi) is 4.59. The van der Waals surface area contributed by atoms with Crippen molar-refractivity contribution in [3.05, 3.63) is 29.8 Å². The molecule has 0 aliphatic rings. The standard InChI is InChI=1S/C14H22N2O2/c1-14(2,3)18-13(17)16(4)10-9-11-7-5-6-8-12(11)15/h5-8H,9-10,15H2,1-4H3. The number of hydrogen-bond acceptors (Lipinski definition) is 3. The van der Waals surface area contributed by atoms with Crippen LogP contribution in [0.4, 0.5) is 10.5 Å². The van der Waals surface area contributed by atoms with Crippen LogP contribution >= 0.6 is 0 Å². The lowest BCUT2D eigenvalue weighted by molar-refractivity contribution is 0.0301. The largest absolute Gasteiger partial charge is 0.444 e. The second kappa shape index (κ2) is 5.76. The van der Waals surface area contributed by atoms with Gasteiger partial charge in [-0.3, -0.25) is 0 Å². The Hall–Kier alpha value is -1.71. The minimum atomic E-state index is -0.461. The number of nitrogens with two attached hydrogens (primary N) is 1. The fourth-order valence-electron chi connectivity index (χ4n) is 1.48. The summed E-state index contributed by atoms with van der Waals surface area (Å²) >= 11 is 0. The molecule has 0 unspecified atom stereocenters. The van der Waals surface area contributed by atoms with E-state index in [-0.39, 0.29) is 6.09 Å². The highest BCUT2D eigenvalue weighted by Gasteiger charge is 2.19. The van der Waals surface area contributed by atoms with E-state index in [0.717, 1.165) is 17.7 Å². The summed E-state index contributed by atoms with van der Waals surface area (Å²) in [6.07, 6.45) is 0.416. The van der Waals surface area contributed by atoms with E-state index in [2.05, 4.69) is 0 Å². The SMILES string of the molecule is CN(CCc1ccccc1N)C(=O)OC(C)(C)C. The summed E-state index contributed by atoms with van der Waals surface area (Å²) in [5, 5.41) is 0. The van der Waals surface area contributed by atoms with Gasteiger partial charge in [0.25, 0.3) is 0 Å². The number of benzene rings is 1. The predicted octanol–water partition coefficient (Wildman–Crippen LogP) is 2.68. The second-order valence-corrected chi connectivity index (χ2v) is 5.35. The Morgan fingerprint density at radius 1 is 1.33 bits per heavy atom. The topological polar surface area (TPSA) is 55.6 Å². The Balaban J connectivity index is 2.49. The Bertz CT molecular complexity index is 411. The van der Waals surface area contributed by atoms with Crippen molar-refractivity contribution >= 4 is 11.8 Å². The number of anilines is 1. The Morgan fingerprint density at radius 3 is 2.50 bits per heavy atom. The van der Waals surface area contributed by atoms with E-state index in [1.54, 1.807) is 11.9 Å². The molecule has 0 aliphatic carbocycles. The molecule has 1 aromatic rings. The van der Waals surface area contributed by atoms with Crippen molar-refractivity contribution in [2.24, 2.45) is 0 Å². The number of hydrogen-bond donors (Lipinski definition) is 1. The number of likely N-dealkylation sites (N-methyl/N-ethyl adjacent to an activating group) is 1. The number of amides is 1. The van der Waals surface area contributed by atoms with Crippen LogP contribution in [0.15, 0.2) is 24.3 Å². The first-order chi connectivity index (χ1) is 8.29. The number of para-hydroxylation sites is 1. The van der Waals surface area contributed by atoms with Crippen LogP contribution in [0.1, 0.15) is 26.3 Å². The average molecular weight is 250 g/mol. The van der Waals surface area contributed by atoms with Gasteiger partial charge in [-0.25, -0.2) is 4.79 Å². The van der Waals surface area contributed by atoms with Crippen molar-refractivity contribution in [3.8, 4) is 0 Å². The molecular weight excluding hydrogens is 228 g/mol. The van der Waals surface area contributed by atoms with E-state index in [9.17, 15) is 4.79 Å². The molecule has 1 amide bonds. The van der Waals surface area contributed by atoms with Crippen LogP contribution in [0.5, 0.6) is 0 Å². The predicted molar refractivity (Wildman–Crippen MR) is 73.4 cm³/mol. The smallest absolute Gasteiger partial charge is 0.410 e. The molecule has 0 fully saturated rings. The highest BCUT2D eigenvalue weighted by atomic mass is 16.6. The van der Waals surface area contributed by atoms with Crippen molar-refractivity contribution < 1.29 is 9.53 Å². The molecule has 0 bridgehead atoms. The third kappa shape index (κ3) is 4.65. The monoisotopic (exact) mass is 250 g/mol. The Labute approximate surface area is 109 Å². The van der Waals surface area contributed by atoms with Gasteiger partial charge in [-0.05, 0) is 38.8 Å². The van der Waals surface area contributed by atoms with E-state index in [0.29, 0.717) is 6.54 Å². The summed E-state index contributed by atoms with van der Waals surface area (Å²) in [6, 6.07) is 7.68. The minimum Gasteiger partial charge on any atom is -0.444 e. The van der Waals surface area contributed by atoms with E-state index < -0.39 is 5.60 Å². The lowest BCUT2D eigenvalue weighted by Gasteiger charge is -2.24. The lowest BCUT2D eigenvalue weighted by atomic mass is 10.1. The van der Waals surface area contributed by atoms with Gasteiger partial charge in [0, 0.05) is 19.3 Å². The number of rotatable bonds is 3. The second-order valence-electron chi connectivity index (χ2n) is 5.35. The average Bonchev–Trinajstić information content (AvgIpc) is 2.25. The first-order valence-electron chi connectivity index (χ1n) is 6.07. The zero-order valence-corrected chi connectivity index (χ0v) is 11.6. The molecule has 0 spiro atoms. The molecule has 4 heteroatoms. The molecule has 1 rings (SSSR count). The lowest BCUT2D eigenvalue weighted by Crippen LogP contribution is -2.35. The van der Waals surface area contributed by atoms with Gasteiger partial charge in [0.2, 0.25) is 0 Å². The van der Waals surface area contributed by atoms with Crippen molar-refractivity contribution in [2.45, 2.75) is 32.8 Å². The van der Waals surface area contributed by atoms with Crippen LogP contribution in [0.3, 0.4) is 0 Å². The third-order valence-corrected chi connectivity index (χ3v) is 2.48. The maximum atomic E-state index is 11.7. The van der Waals surface area contributed by atoms with E-state index in [1.165, 1.54) is 0 Å². The van der Waals surface area contributed by atoms with Crippen LogP contribution in [0, 0.1) is 0 Å². The quantitative estimate of drug-likeness (QED) is 0.839. The van der Waals surface area contributed by atoms with Gasteiger partial charge >= 0.3 is 6.09 Å². The first kappa shape index (κ1) is 14.4. The molecule has 0 heterocycles. The van der Waals surface area contributed by atoms with Crippen LogP contribution in [-0.4, -0.2) is 30.2 Å². The van der Waals surface area contributed by atoms with Gasteiger partial charge in [0.1, 0.15) is 5.60 Å². The highest BCUT2D eigenvalue weighted by Crippen LogP contribution is 2.13. The highest BCUT2D eigenvalue weighted by molar-refractivity contribution is 5.67. The van der Waals surface area contributed by atoms with Crippen molar-refractivity contribution in [1.82, 2.24) is 4.90 Å². The molecule has 100 valence electrons. The van der Waals surface area contributed by atoms with Crippen LogP contribution in [0.2, 0.25) is 0 Å². The van der Waals surface area contributed by atoms with Gasteiger partial charge < -0.3 is 15.4 Å². The molecular formula is C14H22N2O2. The summed E-state index contributed by atoms with van der Waals surface area (Å²) in [7, 11) is 1.73. The van der Waals surface area contributed by atoms with Gasteiger partial charge in [-0.1, -0.05) is 18.2 Å². The summed E-state index contributed by atoms with van der Waals surface area (Å²) < 4.78 is 5.27. The van der Waals surface area contributed by atoms with Gasteiger partial charge in [0.15, 0.2) is 0 Å². The number of carbonyl (C=O) groups excluding carboxylic acids is 1. The third-order valence-electron chi connectivity index (χ3n) is 2.48. The normalized spacial score (nSPS) is 11.1. The van der Waals surface area contributed by atoms with Crippen LogP contribution in [-0.2, 0) is 11.2 Å². The zero-order valence-electron chi connectivity index (χ0n) is 11.6. The fourth-order valence-corrected chi connectivity index (χ4v) is 1.48. The minimum absolute atomic E-state index is 0.308. The number of nitrogen functional groups attached to an aromatic ring is 1. The molecule has 0 aromatic heterocycles. The molecule has 2 N–H and O–H groups in total. The fraction of sp³-hybridized carbons (Fsp3) is 0.500. The summed E-state index contributed by atoms with van der Waals surface area (Å²) in [5.41, 5.74) is 7.20. The van der Waals surface area contributed by atoms with Crippen molar-refractivity contribution in [2.75, 3.05) is 19.3 Å². The van der Waals surface area contributed by atoms with E-state index in [1.807, 2.05) is 45.0 Å². The van der Waals surface area contributed by atoms with Gasteiger partial charge in [0.05, 0.1) is 0 Å².